The first-order chi connectivity index (χ1) is 14.9. The molecule has 0 saturated carbocycles. The molecule has 9 heteroatoms. The zero-order chi connectivity index (χ0) is 22.4. The standard InChI is InChI=1S/C22H16ClN3O4S/c1-29-21(27)14-7-15(22(28)30-2)9-18(8-14)25-11-16(10-24)20-26-19(12-31-20)13-3-5-17(23)6-4-13/h3-9,11-12,25H,1-2H3/b16-11-. The first-order valence-electron chi connectivity index (χ1n) is 8.85. The van der Waals surface area contributed by atoms with Crippen LogP contribution in [0.3, 0.4) is 0 Å². The molecule has 1 N–H and O–H groups in total. The molecule has 1 aromatic heterocycles. The summed E-state index contributed by atoms with van der Waals surface area (Å²) in [5.74, 6) is -1.21. The molecule has 0 fully saturated rings. The van der Waals surface area contributed by atoms with E-state index in [4.69, 9.17) is 21.1 Å². The number of halogens is 1. The highest BCUT2D eigenvalue weighted by molar-refractivity contribution is 7.11. The lowest BCUT2D eigenvalue weighted by molar-refractivity contribution is 0.0599. The maximum atomic E-state index is 11.9. The molecule has 7 nitrogen and oxygen atoms in total. The summed E-state index contributed by atoms with van der Waals surface area (Å²) < 4.78 is 9.45. The van der Waals surface area contributed by atoms with E-state index in [9.17, 15) is 14.9 Å². The molecule has 0 amide bonds. The molecule has 3 aromatic rings. The third-order valence-corrected chi connectivity index (χ3v) is 5.28. The summed E-state index contributed by atoms with van der Waals surface area (Å²) in [5, 5.41) is 15.5. The van der Waals surface area contributed by atoms with Gasteiger partial charge in [-0.15, -0.1) is 11.3 Å². The van der Waals surface area contributed by atoms with Crippen LogP contribution in [0.1, 0.15) is 25.7 Å². The predicted molar refractivity (Wildman–Crippen MR) is 119 cm³/mol. The van der Waals surface area contributed by atoms with E-state index < -0.39 is 11.9 Å². The van der Waals surface area contributed by atoms with Crippen LogP contribution in [-0.4, -0.2) is 31.1 Å². The Bertz CT molecular complexity index is 1160. The number of thiazole rings is 1. The Hall–Kier alpha value is -3.67. The van der Waals surface area contributed by atoms with Gasteiger partial charge < -0.3 is 14.8 Å². The summed E-state index contributed by atoms with van der Waals surface area (Å²) in [4.78, 5) is 28.3. The highest BCUT2D eigenvalue weighted by atomic mass is 35.5. The second-order valence-corrected chi connectivity index (χ2v) is 7.44. The van der Waals surface area contributed by atoms with Crippen molar-refractivity contribution in [3.8, 4) is 17.3 Å². The Morgan fingerprint density at radius 2 is 1.71 bits per heavy atom. The quantitative estimate of drug-likeness (QED) is 0.413. The van der Waals surface area contributed by atoms with E-state index in [0.717, 1.165) is 11.3 Å². The minimum Gasteiger partial charge on any atom is -0.465 e. The van der Waals surface area contributed by atoms with E-state index in [1.165, 1.54) is 50.0 Å². The zero-order valence-electron chi connectivity index (χ0n) is 16.5. The molecular weight excluding hydrogens is 438 g/mol. The number of anilines is 1. The molecule has 31 heavy (non-hydrogen) atoms. The fourth-order valence-corrected chi connectivity index (χ4v) is 3.55. The van der Waals surface area contributed by atoms with Crippen LogP contribution in [-0.2, 0) is 9.47 Å². The van der Waals surface area contributed by atoms with E-state index in [1.807, 2.05) is 17.5 Å². The lowest BCUT2D eigenvalue weighted by Crippen LogP contribution is -2.07. The normalized spacial score (nSPS) is 10.8. The van der Waals surface area contributed by atoms with Crippen molar-refractivity contribution in [3.05, 3.63) is 75.2 Å². The van der Waals surface area contributed by atoms with Gasteiger partial charge in [0.2, 0.25) is 0 Å². The smallest absolute Gasteiger partial charge is 0.337 e. The topological polar surface area (TPSA) is 101 Å². The van der Waals surface area contributed by atoms with Crippen LogP contribution in [0.5, 0.6) is 0 Å². The van der Waals surface area contributed by atoms with Crippen molar-refractivity contribution in [2.75, 3.05) is 19.5 Å². The van der Waals surface area contributed by atoms with E-state index >= 15 is 0 Å². The Balaban J connectivity index is 1.89. The number of esters is 2. The molecule has 0 spiro atoms. The molecule has 0 unspecified atom stereocenters. The first-order valence-corrected chi connectivity index (χ1v) is 10.1. The van der Waals surface area contributed by atoms with Gasteiger partial charge in [-0.05, 0) is 30.3 Å². The van der Waals surface area contributed by atoms with Crippen molar-refractivity contribution in [2.45, 2.75) is 0 Å². The Labute approximate surface area is 187 Å². The number of aromatic nitrogens is 1. The molecule has 1 heterocycles. The Morgan fingerprint density at radius 1 is 1.10 bits per heavy atom. The van der Waals surface area contributed by atoms with Crippen molar-refractivity contribution < 1.29 is 19.1 Å². The number of ether oxygens (including phenoxy) is 2. The summed E-state index contributed by atoms with van der Waals surface area (Å²) in [6.07, 6.45) is 1.46. The number of hydrogen-bond donors (Lipinski definition) is 1. The minimum absolute atomic E-state index is 0.166. The second kappa shape index (κ2) is 9.89. The van der Waals surface area contributed by atoms with Crippen molar-refractivity contribution in [1.29, 1.82) is 5.26 Å². The average Bonchev–Trinajstić information content (AvgIpc) is 3.28. The average molecular weight is 454 g/mol. The van der Waals surface area contributed by atoms with Gasteiger partial charge in [0.25, 0.3) is 0 Å². The summed E-state index contributed by atoms with van der Waals surface area (Å²) in [6.45, 7) is 0. The van der Waals surface area contributed by atoms with Crippen LogP contribution in [0, 0.1) is 11.3 Å². The van der Waals surface area contributed by atoms with Gasteiger partial charge in [0.05, 0.1) is 31.0 Å². The second-order valence-electron chi connectivity index (χ2n) is 6.14. The number of nitrogens with one attached hydrogen (secondary N) is 1. The monoisotopic (exact) mass is 453 g/mol. The molecular formula is C22H16ClN3O4S. The molecule has 0 aliphatic heterocycles. The number of carbonyl (C=O) groups is 2. The first kappa shape index (κ1) is 22.0. The van der Waals surface area contributed by atoms with Gasteiger partial charge in [0.15, 0.2) is 0 Å². The summed E-state index contributed by atoms with van der Waals surface area (Å²) in [7, 11) is 2.49. The van der Waals surface area contributed by atoms with Crippen molar-refractivity contribution in [2.24, 2.45) is 0 Å². The third kappa shape index (κ3) is 5.28. The Morgan fingerprint density at radius 3 is 2.26 bits per heavy atom. The highest BCUT2D eigenvalue weighted by Crippen LogP contribution is 2.27. The molecule has 0 aliphatic rings. The van der Waals surface area contributed by atoms with Crippen LogP contribution in [0.2, 0.25) is 5.02 Å². The third-order valence-electron chi connectivity index (χ3n) is 4.15. The van der Waals surface area contributed by atoms with Gasteiger partial charge in [-0.3, -0.25) is 0 Å². The van der Waals surface area contributed by atoms with Gasteiger partial charge in [-0.2, -0.15) is 5.26 Å². The van der Waals surface area contributed by atoms with Gasteiger partial charge in [0.1, 0.15) is 16.6 Å². The molecule has 2 aromatic carbocycles. The van der Waals surface area contributed by atoms with Gasteiger partial charge in [0, 0.05) is 27.9 Å². The molecule has 0 aliphatic carbocycles. The van der Waals surface area contributed by atoms with Crippen LogP contribution in [0.15, 0.2) is 54.0 Å². The lowest BCUT2D eigenvalue weighted by atomic mass is 10.1. The van der Waals surface area contributed by atoms with Crippen LogP contribution >= 0.6 is 22.9 Å². The summed E-state index contributed by atoms with van der Waals surface area (Å²) in [5.41, 5.74) is 2.63. The SMILES string of the molecule is COC(=O)c1cc(N/C=C(/C#N)c2nc(-c3ccc(Cl)cc3)cs2)cc(C(=O)OC)c1. The van der Waals surface area contributed by atoms with E-state index in [1.54, 1.807) is 12.1 Å². The number of benzene rings is 2. The molecule has 3 rings (SSSR count). The van der Waals surface area contributed by atoms with Crippen molar-refractivity contribution in [3.63, 3.8) is 0 Å². The maximum absolute atomic E-state index is 11.9. The van der Waals surface area contributed by atoms with Gasteiger partial charge in [-0.1, -0.05) is 23.7 Å². The fourth-order valence-electron chi connectivity index (χ4n) is 2.63. The number of nitrogens with zero attached hydrogens (tertiary/aromatic N) is 2. The van der Waals surface area contributed by atoms with E-state index in [0.29, 0.717) is 15.7 Å². The maximum Gasteiger partial charge on any atom is 0.337 e. The zero-order valence-corrected chi connectivity index (χ0v) is 18.1. The molecule has 0 bridgehead atoms. The predicted octanol–water partition coefficient (Wildman–Crippen LogP) is 5.01. The molecule has 0 atom stereocenters. The van der Waals surface area contributed by atoms with E-state index in [-0.39, 0.29) is 16.7 Å². The highest BCUT2D eigenvalue weighted by Gasteiger charge is 2.14. The number of hydrogen-bond acceptors (Lipinski definition) is 8. The largest absolute Gasteiger partial charge is 0.465 e. The number of allylic oxidation sites excluding steroid dienone is 1. The summed E-state index contributed by atoms with van der Waals surface area (Å²) >= 11 is 7.24. The minimum atomic E-state index is -0.606. The number of carbonyl (C=O) groups excluding carboxylic acids is 2. The van der Waals surface area contributed by atoms with Crippen LogP contribution in [0.4, 0.5) is 5.69 Å². The van der Waals surface area contributed by atoms with Crippen LogP contribution < -0.4 is 5.32 Å². The van der Waals surface area contributed by atoms with Gasteiger partial charge >= 0.3 is 11.9 Å². The number of methoxy groups -OCH3 is 2. The Kier molecular flexibility index (Phi) is 7.03. The van der Waals surface area contributed by atoms with Crippen molar-refractivity contribution >= 4 is 46.1 Å². The lowest BCUT2D eigenvalue weighted by Gasteiger charge is -2.08. The van der Waals surface area contributed by atoms with Crippen LogP contribution in [0.25, 0.3) is 16.8 Å². The number of rotatable bonds is 6. The molecule has 156 valence electrons. The van der Waals surface area contributed by atoms with Gasteiger partial charge in [-0.25, -0.2) is 14.6 Å². The van der Waals surface area contributed by atoms with Crippen molar-refractivity contribution in [1.82, 2.24) is 4.98 Å². The van der Waals surface area contributed by atoms with E-state index in [2.05, 4.69) is 16.4 Å². The number of nitriles is 1. The molecule has 0 saturated heterocycles. The fraction of sp³-hybridized carbons (Fsp3) is 0.0909. The summed E-state index contributed by atoms with van der Waals surface area (Å²) in [6, 6.07) is 13.7. The molecule has 0 radical (unpaired) electrons.